The molecule has 2 heterocycles. The fourth-order valence-electron chi connectivity index (χ4n) is 4.43. The van der Waals surface area contributed by atoms with Crippen molar-refractivity contribution < 1.29 is 9.53 Å². The molecule has 0 unspecified atom stereocenters. The summed E-state index contributed by atoms with van der Waals surface area (Å²) in [5.41, 5.74) is 9.62. The lowest BCUT2D eigenvalue weighted by Crippen LogP contribution is -2.22. The molecule has 0 aliphatic heterocycles. The van der Waals surface area contributed by atoms with E-state index in [1.54, 1.807) is 38.6 Å². The summed E-state index contributed by atoms with van der Waals surface area (Å²) in [6, 6.07) is 7.79. The van der Waals surface area contributed by atoms with Crippen molar-refractivity contribution in [1.82, 2.24) is 19.7 Å². The second-order valence-corrected chi connectivity index (χ2v) is 8.74. The second kappa shape index (κ2) is 10.0. The molecule has 1 fully saturated rings. The van der Waals surface area contributed by atoms with Gasteiger partial charge < -0.3 is 15.8 Å². The van der Waals surface area contributed by atoms with Gasteiger partial charge in [-0.05, 0) is 62.8 Å². The second-order valence-electron chi connectivity index (χ2n) is 8.74. The minimum absolute atomic E-state index is 0.342. The Bertz CT molecular complexity index is 1220. The van der Waals surface area contributed by atoms with Crippen molar-refractivity contribution in [3.8, 4) is 17.3 Å². The molecule has 1 saturated carbocycles. The molecule has 0 spiro atoms. The lowest BCUT2D eigenvalue weighted by molar-refractivity contribution is 0.0568. The van der Waals surface area contributed by atoms with Gasteiger partial charge in [0.15, 0.2) is 0 Å². The number of ether oxygens (including phenoxy) is 1. The number of nitrogens with two attached hydrogens (primary N) is 1. The van der Waals surface area contributed by atoms with E-state index in [0.717, 1.165) is 42.5 Å². The predicted molar refractivity (Wildman–Crippen MR) is 129 cm³/mol. The van der Waals surface area contributed by atoms with Gasteiger partial charge in [-0.1, -0.05) is 6.07 Å². The molecule has 4 rings (SSSR count). The molecule has 1 atom stereocenters. The van der Waals surface area contributed by atoms with Crippen LogP contribution in [0.3, 0.4) is 0 Å². The average Bonchev–Trinajstić information content (AvgIpc) is 3.32. The molecule has 3 N–H and O–H groups in total. The molecule has 0 bridgehead atoms. The van der Waals surface area contributed by atoms with E-state index in [2.05, 4.69) is 21.5 Å². The third-order valence-corrected chi connectivity index (χ3v) is 6.43. The van der Waals surface area contributed by atoms with Crippen molar-refractivity contribution in [1.29, 1.82) is 5.26 Å². The molecule has 1 amide bonds. The van der Waals surface area contributed by atoms with E-state index < -0.39 is 11.8 Å². The van der Waals surface area contributed by atoms with E-state index in [1.807, 2.05) is 23.9 Å². The number of anilines is 2. The number of hydrogen-bond acceptors (Lipinski definition) is 7. The molecule has 2 aromatic heterocycles. The molecule has 0 radical (unpaired) electrons. The van der Waals surface area contributed by atoms with E-state index in [4.69, 9.17) is 15.5 Å². The van der Waals surface area contributed by atoms with Crippen molar-refractivity contribution in [2.24, 2.45) is 5.73 Å². The van der Waals surface area contributed by atoms with Crippen molar-refractivity contribution in [3.63, 3.8) is 0 Å². The van der Waals surface area contributed by atoms with E-state index in [0.29, 0.717) is 34.9 Å². The van der Waals surface area contributed by atoms with Crippen LogP contribution < -0.4 is 11.1 Å². The standard InChI is InChI=1S/C25H29N7O2/c1-15(11-26)22-10-17(4-9-21(22)24(27)33)23-16(2)12-28-25(31-23)30-18-13-29-32(14-18)19-5-7-20(34-3)8-6-19/h4,9-10,12-15,19-20H,5-8H2,1-3H3,(H2,27,33)(H,28,30,31)/t15-,19-,20+/m1/s1. The maximum Gasteiger partial charge on any atom is 0.249 e. The first-order valence-corrected chi connectivity index (χ1v) is 11.4. The highest BCUT2D eigenvalue weighted by Crippen LogP contribution is 2.31. The Hall–Kier alpha value is -3.77. The molecule has 34 heavy (non-hydrogen) atoms. The third-order valence-electron chi connectivity index (χ3n) is 6.43. The molecular formula is C25H29N7O2. The summed E-state index contributed by atoms with van der Waals surface area (Å²) in [5, 5.41) is 17.2. The Morgan fingerprint density at radius 1 is 1.29 bits per heavy atom. The number of nitriles is 1. The van der Waals surface area contributed by atoms with Crippen LogP contribution in [0.1, 0.15) is 66.1 Å². The molecule has 3 aromatic rings. The number of rotatable bonds is 7. The maximum absolute atomic E-state index is 11.8. The van der Waals surface area contributed by atoms with Gasteiger partial charge in [-0.3, -0.25) is 9.48 Å². The fraction of sp³-hybridized carbons (Fsp3) is 0.400. The Morgan fingerprint density at radius 2 is 2.06 bits per heavy atom. The van der Waals surface area contributed by atoms with Gasteiger partial charge in [0, 0.05) is 30.6 Å². The van der Waals surface area contributed by atoms with E-state index in [-0.39, 0.29) is 0 Å². The fourth-order valence-corrected chi connectivity index (χ4v) is 4.43. The highest BCUT2D eigenvalue weighted by molar-refractivity contribution is 5.95. The SMILES string of the molecule is CO[C@H]1CC[C@@H](n2cc(Nc3ncc(C)c(-c4ccc(C(N)=O)c([C@H](C)C#N)c4)n3)cn2)CC1. The monoisotopic (exact) mass is 459 g/mol. The van der Waals surface area contributed by atoms with E-state index in [9.17, 15) is 10.1 Å². The number of aromatic nitrogens is 4. The number of methoxy groups -OCH3 is 1. The van der Waals surface area contributed by atoms with Gasteiger partial charge in [-0.2, -0.15) is 10.4 Å². The summed E-state index contributed by atoms with van der Waals surface area (Å²) >= 11 is 0. The zero-order valence-electron chi connectivity index (χ0n) is 19.7. The quantitative estimate of drug-likeness (QED) is 0.540. The zero-order valence-corrected chi connectivity index (χ0v) is 19.7. The van der Waals surface area contributed by atoms with Crippen molar-refractivity contribution in [2.75, 3.05) is 12.4 Å². The van der Waals surface area contributed by atoms with Crippen LogP contribution in [0.2, 0.25) is 0 Å². The zero-order chi connectivity index (χ0) is 24.2. The van der Waals surface area contributed by atoms with E-state index in [1.165, 1.54) is 0 Å². The van der Waals surface area contributed by atoms with Crippen LogP contribution in [-0.2, 0) is 4.74 Å². The highest BCUT2D eigenvalue weighted by atomic mass is 16.5. The van der Waals surface area contributed by atoms with Crippen molar-refractivity contribution in [3.05, 3.63) is 53.5 Å². The van der Waals surface area contributed by atoms with Gasteiger partial charge in [-0.15, -0.1) is 0 Å². The number of primary amides is 1. The van der Waals surface area contributed by atoms with Crippen LogP contribution in [0.25, 0.3) is 11.3 Å². The maximum atomic E-state index is 11.8. The number of nitrogens with zero attached hydrogens (tertiary/aromatic N) is 5. The summed E-state index contributed by atoms with van der Waals surface area (Å²) in [6.45, 7) is 3.66. The largest absolute Gasteiger partial charge is 0.381 e. The lowest BCUT2D eigenvalue weighted by Gasteiger charge is -2.27. The summed E-state index contributed by atoms with van der Waals surface area (Å²) in [6.07, 6.45) is 10.00. The van der Waals surface area contributed by atoms with Crippen LogP contribution in [0.5, 0.6) is 0 Å². The smallest absolute Gasteiger partial charge is 0.249 e. The summed E-state index contributed by atoms with van der Waals surface area (Å²) < 4.78 is 7.47. The number of carbonyl (C=O) groups is 1. The molecule has 1 aromatic carbocycles. The number of carbonyl (C=O) groups excluding carboxylic acids is 1. The van der Waals surface area contributed by atoms with Crippen molar-refractivity contribution >= 4 is 17.5 Å². The van der Waals surface area contributed by atoms with Gasteiger partial charge in [-0.25, -0.2) is 9.97 Å². The minimum atomic E-state index is -0.557. The van der Waals surface area contributed by atoms with Gasteiger partial charge in [0.1, 0.15) is 0 Å². The first-order chi connectivity index (χ1) is 16.4. The molecule has 9 nitrogen and oxygen atoms in total. The summed E-state index contributed by atoms with van der Waals surface area (Å²) in [7, 11) is 1.77. The van der Waals surface area contributed by atoms with Gasteiger partial charge in [0.25, 0.3) is 0 Å². The first-order valence-electron chi connectivity index (χ1n) is 11.4. The number of nitrogens with one attached hydrogen (secondary N) is 1. The Balaban J connectivity index is 1.56. The third kappa shape index (κ3) is 4.92. The predicted octanol–water partition coefficient (Wildman–Crippen LogP) is 4.25. The Morgan fingerprint density at radius 3 is 2.74 bits per heavy atom. The Labute approximate surface area is 199 Å². The van der Waals surface area contributed by atoms with Gasteiger partial charge in [0.2, 0.25) is 11.9 Å². The van der Waals surface area contributed by atoms with E-state index >= 15 is 0 Å². The lowest BCUT2D eigenvalue weighted by atomic mass is 9.93. The van der Waals surface area contributed by atoms with Crippen LogP contribution >= 0.6 is 0 Å². The number of aryl methyl sites for hydroxylation is 1. The first kappa shape index (κ1) is 23.4. The normalized spacial score (nSPS) is 18.8. The Kier molecular flexibility index (Phi) is 6.89. The number of amides is 1. The highest BCUT2D eigenvalue weighted by Gasteiger charge is 2.23. The number of benzene rings is 1. The molecule has 176 valence electrons. The van der Waals surface area contributed by atoms with Gasteiger partial charge >= 0.3 is 0 Å². The topological polar surface area (TPSA) is 132 Å². The van der Waals surface area contributed by atoms with Crippen LogP contribution in [0.15, 0.2) is 36.8 Å². The van der Waals surface area contributed by atoms with Crippen LogP contribution in [-0.4, -0.2) is 38.9 Å². The summed E-state index contributed by atoms with van der Waals surface area (Å²) in [4.78, 5) is 21.0. The average molecular weight is 460 g/mol. The molecule has 1 aliphatic rings. The summed E-state index contributed by atoms with van der Waals surface area (Å²) in [5.74, 6) is -0.595. The van der Waals surface area contributed by atoms with Crippen molar-refractivity contribution in [2.45, 2.75) is 57.6 Å². The van der Waals surface area contributed by atoms with Gasteiger partial charge in [0.05, 0.1) is 41.7 Å². The van der Waals surface area contributed by atoms with Crippen LogP contribution in [0, 0.1) is 18.3 Å². The molecule has 9 heteroatoms. The number of hydrogen-bond donors (Lipinski definition) is 2. The molecule has 1 aliphatic carbocycles. The molecular weight excluding hydrogens is 430 g/mol. The van der Waals surface area contributed by atoms with Crippen LogP contribution in [0.4, 0.5) is 11.6 Å². The minimum Gasteiger partial charge on any atom is -0.381 e. The molecule has 0 saturated heterocycles.